The Morgan fingerprint density at radius 3 is 2.38 bits per heavy atom. The van der Waals surface area contributed by atoms with Gasteiger partial charge in [0.15, 0.2) is 0 Å². The van der Waals surface area contributed by atoms with E-state index in [1.54, 1.807) is 18.2 Å². The van der Waals surface area contributed by atoms with Gasteiger partial charge in [-0.3, -0.25) is 9.59 Å². The van der Waals surface area contributed by atoms with Crippen LogP contribution in [-0.2, 0) is 9.59 Å². The predicted octanol–water partition coefficient (Wildman–Crippen LogP) is 4.18. The van der Waals surface area contributed by atoms with Crippen molar-refractivity contribution in [3.8, 4) is 5.75 Å². The second-order valence-corrected chi connectivity index (χ2v) is 7.00. The molecule has 1 aliphatic rings. The monoisotopic (exact) mass is 372 g/mol. The van der Waals surface area contributed by atoms with Gasteiger partial charge in [-0.05, 0) is 55.7 Å². The topological polar surface area (TPSA) is 67.4 Å². The number of benzene rings is 2. The molecule has 2 unspecified atom stereocenters. The van der Waals surface area contributed by atoms with Crippen LogP contribution < -0.4 is 15.4 Å². The maximum Gasteiger partial charge on any atom is 0.228 e. The minimum Gasteiger partial charge on any atom is -0.495 e. The molecule has 0 aliphatic heterocycles. The van der Waals surface area contributed by atoms with Crippen LogP contribution in [0.2, 0.25) is 5.02 Å². The zero-order chi connectivity index (χ0) is 18.8. The first-order valence-electron chi connectivity index (χ1n) is 8.41. The van der Waals surface area contributed by atoms with Crippen molar-refractivity contribution in [2.45, 2.75) is 20.3 Å². The number of amides is 2. The SMILES string of the molecule is COc1ccc(NC(=O)C2CC2C(=O)Nc2cc(C)ccc2C)cc1Cl. The van der Waals surface area contributed by atoms with Crippen LogP contribution in [0.1, 0.15) is 17.5 Å². The smallest absolute Gasteiger partial charge is 0.228 e. The lowest BCUT2D eigenvalue weighted by atomic mass is 10.1. The molecule has 2 amide bonds. The van der Waals surface area contributed by atoms with Crippen molar-refractivity contribution in [2.75, 3.05) is 17.7 Å². The highest BCUT2D eigenvalue weighted by Gasteiger charge is 2.48. The second kappa shape index (κ2) is 7.38. The second-order valence-electron chi connectivity index (χ2n) is 6.59. The lowest BCUT2D eigenvalue weighted by Gasteiger charge is -2.10. The van der Waals surface area contributed by atoms with E-state index in [-0.39, 0.29) is 23.7 Å². The molecule has 1 saturated carbocycles. The summed E-state index contributed by atoms with van der Waals surface area (Å²) in [5.41, 5.74) is 3.45. The van der Waals surface area contributed by atoms with Crippen LogP contribution in [0.3, 0.4) is 0 Å². The van der Waals surface area contributed by atoms with Crippen LogP contribution in [0.5, 0.6) is 5.75 Å². The number of ether oxygens (including phenoxy) is 1. The predicted molar refractivity (Wildman–Crippen MR) is 103 cm³/mol. The summed E-state index contributed by atoms with van der Waals surface area (Å²) < 4.78 is 5.09. The average molecular weight is 373 g/mol. The lowest BCUT2D eigenvalue weighted by Crippen LogP contribution is -2.21. The third-order valence-electron chi connectivity index (χ3n) is 4.53. The number of rotatable bonds is 5. The highest BCUT2D eigenvalue weighted by atomic mass is 35.5. The van der Waals surface area contributed by atoms with Crippen LogP contribution in [0, 0.1) is 25.7 Å². The lowest BCUT2D eigenvalue weighted by molar-refractivity contribution is -0.122. The molecule has 0 heterocycles. The summed E-state index contributed by atoms with van der Waals surface area (Å²) in [6, 6.07) is 10.9. The molecule has 3 rings (SSSR count). The first-order valence-corrected chi connectivity index (χ1v) is 8.79. The molecule has 0 spiro atoms. The Morgan fingerprint density at radius 2 is 1.73 bits per heavy atom. The summed E-state index contributed by atoms with van der Waals surface area (Å²) in [7, 11) is 1.53. The standard InChI is InChI=1S/C20H21ClN2O3/c1-11-4-5-12(2)17(8-11)23-20(25)15-10-14(15)19(24)22-13-6-7-18(26-3)16(21)9-13/h4-9,14-15H,10H2,1-3H3,(H,22,24)(H,23,25). The van der Waals surface area contributed by atoms with Gasteiger partial charge in [0.05, 0.1) is 24.0 Å². The van der Waals surface area contributed by atoms with Crippen LogP contribution in [0.25, 0.3) is 0 Å². The number of halogens is 1. The number of methoxy groups -OCH3 is 1. The Balaban J connectivity index is 1.59. The molecule has 0 bridgehead atoms. The zero-order valence-electron chi connectivity index (χ0n) is 14.9. The molecular weight excluding hydrogens is 352 g/mol. The molecule has 2 aromatic rings. The van der Waals surface area contributed by atoms with Gasteiger partial charge in [-0.2, -0.15) is 0 Å². The summed E-state index contributed by atoms with van der Waals surface area (Å²) in [4.78, 5) is 24.8. The van der Waals surface area contributed by atoms with E-state index in [0.717, 1.165) is 16.8 Å². The molecule has 0 aromatic heterocycles. The van der Waals surface area contributed by atoms with Crippen molar-refractivity contribution < 1.29 is 14.3 Å². The van der Waals surface area contributed by atoms with Gasteiger partial charge in [0, 0.05) is 11.4 Å². The Hall–Kier alpha value is -2.53. The van der Waals surface area contributed by atoms with E-state index >= 15 is 0 Å². The normalized spacial score (nSPS) is 18.2. The fourth-order valence-corrected chi connectivity index (χ4v) is 3.11. The summed E-state index contributed by atoms with van der Waals surface area (Å²) in [6.07, 6.45) is 0.548. The van der Waals surface area contributed by atoms with Crippen LogP contribution in [-0.4, -0.2) is 18.9 Å². The molecule has 136 valence electrons. The van der Waals surface area contributed by atoms with E-state index in [1.165, 1.54) is 7.11 Å². The number of aryl methyl sites for hydroxylation is 2. The number of hydrogen-bond donors (Lipinski definition) is 2. The summed E-state index contributed by atoms with van der Waals surface area (Å²) in [5.74, 6) is -0.370. The number of hydrogen-bond acceptors (Lipinski definition) is 3. The Bertz CT molecular complexity index is 866. The Labute approximate surface area is 157 Å². The molecule has 26 heavy (non-hydrogen) atoms. The number of carbonyl (C=O) groups is 2. The maximum absolute atomic E-state index is 12.4. The fourth-order valence-electron chi connectivity index (χ4n) is 2.85. The van der Waals surface area contributed by atoms with Gasteiger partial charge in [-0.1, -0.05) is 23.7 Å². The van der Waals surface area contributed by atoms with Gasteiger partial charge in [-0.15, -0.1) is 0 Å². The van der Waals surface area contributed by atoms with Gasteiger partial charge < -0.3 is 15.4 Å². The summed E-state index contributed by atoms with van der Waals surface area (Å²) >= 11 is 6.06. The molecule has 2 N–H and O–H groups in total. The Morgan fingerprint density at radius 1 is 1.04 bits per heavy atom. The van der Waals surface area contributed by atoms with E-state index in [2.05, 4.69) is 10.6 Å². The number of nitrogens with one attached hydrogen (secondary N) is 2. The zero-order valence-corrected chi connectivity index (χ0v) is 15.7. The van der Waals surface area contributed by atoms with Gasteiger partial charge >= 0.3 is 0 Å². The largest absolute Gasteiger partial charge is 0.495 e. The van der Waals surface area contributed by atoms with E-state index in [4.69, 9.17) is 16.3 Å². The van der Waals surface area contributed by atoms with Crippen molar-refractivity contribution in [1.82, 2.24) is 0 Å². The number of carbonyl (C=O) groups excluding carboxylic acids is 2. The van der Waals surface area contributed by atoms with Crippen LogP contribution in [0.4, 0.5) is 11.4 Å². The molecule has 2 atom stereocenters. The molecule has 1 fully saturated rings. The van der Waals surface area contributed by atoms with Crippen molar-refractivity contribution in [3.05, 3.63) is 52.5 Å². The molecule has 1 aliphatic carbocycles. The highest BCUT2D eigenvalue weighted by Crippen LogP contribution is 2.40. The van der Waals surface area contributed by atoms with Crippen molar-refractivity contribution in [1.29, 1.82) is 0 Å². The van der Waals surface area contributed by atoms with Gasteiger partial charge in [0.1, 0.15) is 5.75 Å². The van der Waals surface area contributed by atoms with Crippen LogP contribution in [0.15, 0.2) is 36.4 Å². The molecule has 6 heteroatoms. The van der Waals surface area contributed by atoms with Crippen molar-refractivity contribution in [3.63, 3.8) is 0 Å². The fraction of sp³-hybridized carbons (Fsp3) is 0.300. The molecule has 0 saturated heterocycles. The van der Waals surface area contributed by atoms with Crippen molar-refractivity contribution >= 4 is 34.8 Å². The quantitative estimate of drug-likeness (QED) is 0.827. The highest BCUT2D eigenvalue weighted by molar-refractivity contribution is 6.32. The van der Waals surface area contributed by atoms with Gasteiger partial charge in [0.25, 0.3) is 0 Å². The summed E-state index contributed by atoms with van der Waals surface area (Å²) in [5, 5.41) is 6.16. The first-order chi connectivity index (χ1) is 12.4. The average Bonchev–Trinajstić information content (AvgIpc) is 3.39. The van der Waals surface area contributed by atoms with E-state index < -0.39 is 0 Å². The molecule has 0 radical (unpaired) electrons. The maximum atomic E-state index is 12.4. The first kappa shape index (κ1) is 18.3. The third kappa shape index (κ3) is 3.99. The molecule has 2 aromatic carbocycles. The summed E-state index contributed by atoms with van der Waals surface area (Å²) in [6.45, 7) is 3.92. The van der Waals surface area contributed by atoms with Crippen LogP contribution >= 0.6 is 11.6 Å². The molecule has 5 nitrogen and oxygen atoms in total. The van der Waals surface area contributed by atoms with E-state index in [9.17, 15) is 9.59 Å². The van der Waals surface area contributed by atoms with Crippen molar-refractivity contribution in [2.24, 2.45) is 11.8 Å². The van der Waals surface area contributed by atoms with E-state index in [1.807, 2.05) is 32.0 Å². The third-order valence-corrected chi connectivity index (χ3v) is 4.83. The number of anilines is 2. The van der Waals surface area contributed by atoms with E-state index in [0.29, 0.717) is 22.9 Å². The minimum atomic E-state index is -0.319. The molecular formula is C20H21ClN2O3. The minimum absolute atomic E-state index is 0.119. The van der Waals surface area contributed by atoms with Gasteiger partial charge in [-0.25, -0.2) is 0 Å². The Kier molecular flexibility index (Phi) is 5.18. The van der Waals surface area contributed by atoms with Gasteiger partial charge in [0.2, 0.25) is 11.8 Å².